The van der Waals surface area contributed by atoms with Crippen molar-refractivity contribution < 1.29 is 14.3 Å². The van der Waals surface area contributed by atoms with Gasteiger partial charge < -0.3 is 14.8 Å². The lowest BCUT2D eigenvalue weighted by Crippen LogP contribution is -2.14. The third kappa shape index (κ3) is 3.47. The van der Waals surface area contributed by atoms with Crippen LogP contribution in [0.2, 0.25) is 0 Å². The summed E-state index contributed by atoms with van der Waals surface area (Å²) in [7, 11) is 1.60. The van der Waals surface area contributed by atoms with Crippen molar-refractivity contribution in [3.05, 3.63) is 59.8 Å². The van der Waals surface area contributed by atoms with Crippen LogP contribution in [0, 0.1) is 6.92 Å². The third-order valence-corrected chi connectivity index (χ3v) is 4.05. The minimum atomic E-state index is -0.409. The molecule has 0 atom stereocenters. The highest BCUT2D eigenvalue weighted by Crippen LogP contribution is 2.34. The maximum absolute atomic E-state index is 12.6. The molecule has 0 saturated carbocycles. The Morgan fingerprint density at radius 2 is 1.88 bits per heavy atom. The van der Waals surface area contributed by atoms with E-state index in [2.05, 4.69) is 10.3 Å². The van der Waals surface area contributed by atoms with E-state index in [1.54, 1.807) is 7.11 Å². The number of carbonyl (C=O) groups excluding carboxylic acids is 1. The lowest BCUT2D eigenvalue weighted by atomic mass is 10.1. The third-order valence-electron chi connectivity index (χ3n) is 4.05. The summed E-state index contributed by atoms with van der Waals surface area (Å²) in [6.45, 7) is 5.66. The largest absolute Gasteiger partial charge is 0.494 e. The van der Waals surface area contributed by atoms with Crippen molar-refractivity contribution in [3.63, 3.8) is 0 Å². The number of fused-ring (bicyclic) bond motifs is 1. The Bertz CT molecular complexity index is 951. The Labute approximate surface area is 153 Å². The molecule has 0 fully saturated rings. The number of carbonyl (C=O) groups is 1. The van der Waals surface area contributed by atoms with Crippen LogP contribution in [-0.2, 0) is 4.74 Å². The highest BCUT2D eigenvalue weighted by atomic mass is 16.5. The molecule has 134 valence electrons. The predicted molar refractivity (Wildman–Crippen MR) is 103 cm³/mol. The van der Waals surface area contributed by atoms with E-state index in [4.69, 9.17) is 9.47 Å². The Balaban J connectivity index is 2.20. The lowest BCUT2D eigenvalue weighted by Gasteiger charge is -2.17. The van der Waals surface area contributed by atoms with Crippen molar-refractivity contribution in [2.75, 3.05) is 12.4 Å². The molecule has 3 rings (SSSR count). The Hall–Kier alpha value is -3.08. The number of pyridine rings is 1. The van der Waals surface area contributed by atoms with Gasteiger partial charge in [0.25, 0.3) is 0 Å². The monoisotopic (exact) mass is 350 g/mol. The van der Waals surface area contributed by atoms with E-state index in [1.165, 1.54) is 6.20 Å². The molecule has 0 aliphatic heterocycles. The van der Waals surface area contributed by atoms with Crippen LogP contribution >= 0.6 is 0 Å². The lowest BCUT2D eigenvalue weighted by molar-refractivity contribution is 0.0379. The molecule has 26 heavy (non-hydrogen) atoms. The van der Waals surface area contributed by atoms with Gasteiger partial charge in [-0.2, -0.15) is 0 Å². The number of benzene rings is 2. The summed E-state index contributed by atoms with van der Waals surface area (Å²) in [5, 5.41) is 4.19. The standard InChI is InChI=1S/C21H22N2O3/c1-13(2)26-21(24)16-12-22-20-15(9-7-11-18(20)25-4)19(16)23-17-10-6-5-8-14(17)3/h5-13H,1-4H3,(H,22,23). The van der Waals surface area contributed by atoms with Gasteiger partial charge in [-0.3, -0.25) is 4.98 Å². The minimum absolute atomic E-state index is 0.213. The second-order valence-electron chi connectivity index (χ2n) is 6.30. The van der Waals surface area contributed by atoms with E-state index >= 15 is 0 Å². The Morgan fingerprint density at radius 3 is 2.58 bits per heavy atom. The van der Waals surface area contributed by atoms with Gasteiger partial charge in [0.15, 0.2) is 0 Å². The summed E-state index contributed by atoms with van der Waals surface area (Å²) in [6.07, 6.45) is 1.32. The van der Waals surface area contributed by atoms with Crippen molar-refractivity contribution in [2.45, 2.75) is 26.9 Å². The van der Waals surface area contributed by atoms with E-state index in [1.807, 2.05) is 63.2 Å². The number of hydrogen-bond donors (Lipinski definition) is 1. The molecular formula is C21H22N2O3. The fourth-order valence-corrected chi connectivity index (χ4v) is 2.78. The van der Waals surface area contributed by atoms with Gasteiger partial charge in [-0.15, -0.1) is 0 Å². The summed E-state index contributed by atoms with van der Waals surface area (Å²) in [4.78, 5) is 17.1. The first kappa shape index (κ1) is 17.7. The first-order valence-electron chi connectivity index (χ1n) is 8.50. The van der Waals surface area contributed by atoms with Crippen molar-refractivity contribution in [3.8, 4) is 5.75 Å². The zero-order valence-corrected chi connectivity index (χ0v) is 15.4. The number of para-hydroxylation sites is 2. The molecule has 0 saturated heterocycles. The van der Waals surface area contributed by atoms with Crippen LogP contribution in [0.25, 0.3) is 10.9 Å². The van der Waals surface area contributed by atoms with Crippen molar-refractivity contribution >= 4 is 28.2 Å². The zero-order valence-electron chi connectivity index (χ0n) is 15.4. The van der Waals surface area contributed by atoms with Crippen LogP contribution < -0.4 is 10.1 Å². The number of anilines is 2. The summed E-state index contributed by atoms with van der Waals surface area (Å²) in [5.74, 6) is 0.243. The molecule has 3 aromatic rings. The van der Waals surface area contributed by atoms with Crippen LogP contribution in [0.15, 0.2) is 48.7 Å². The number of ether oxygens (including phenoxy) is 2. The number of methoxy groups -OCH3 is 1. The van der Waals surface area contributed by atoms with Gasteiger partial charge in [-0.1, -0.05) is 30.3 Å². The number of aryl methyl sites for hydroxylation is 1. The van der Waals surface area contributed by atoms with Crippen molar-refractivity contribution in [1.82, 2.24) is 4.98 Å². The molecule has 1 aromatic heterocycles. The summed E-state index contributed by atoms with van der Waals surface area (Å²) >= 11 is 0. The molecule has 0 radical (unpaired) electrons. The SMILES string of the molecule is COc1cccc2c(Nc3ccccc3C)c(C(=O)OC(C)C)cnc12. The van der Waals surface area contributed by atoms with Gasteiger partial charge in [-0.25, -0.2) is 4.79 Å². The van der Waals surface area contributed by atoms with E-state index in [9.17, 15) is 4.79 Å². The van der Waals surface area contributed by atoms with Gasteiger partial charge in [0.1, 0.15) is 16.8 Å². The average Bonchev–Trinajstić information content (AvgIpc) is 2.62. The normalized spacial score (nSPS) is 10.8. The first-order chi connectivity index (χ1) is 12.5. The van der Waals surface area contributed by atoms with E-state index in [-0.39, 0.29) is 6.10 Å². The molecule has 0 aliphatic rings. The quantitative estimate of drug-likeness (QED) is 0.666. The Morgan fingerprint density at radius 1 is 1.12 bits per heavy atom. The number of rotatable bonds is 5. The fraction of sp³-hybridized carbons (Fsp3) is 0.238. The second kappa shape index (κ2) is 7.44. The molecule has 1 N–H and O–H groups in total. The van der Waals surface area contributed by atoms with Crippen molar-refractivity contribution in [1.29, 1.82) is 0 Å². The molecule has 5 heteroatoms. The molecule has 0 unspecified atom stereocenters. The number of hydrogen-bond acceptors (Lipinski definition) is 5. The molecule has 1 heterocycles. The van der Waals surface area contributed by atoms with E-state index in [0.29, 0.717) is 22.5 Å². The molecule has 0 aliphatic carbocycles. The first-order valence-corrected chi connectivity index (χ1v) is 8.50. The Kier molecular flexibility index (Phi) is 5.07. The molecule has 0 bridgehead atoms. The van der Waals surface area contributed by atoms with Gasteiger partial charge in [0.05, 0.1) is 18.9 Å². The van der Waals surface area contributed by atoms with E-state index in [0.717, 1.165) is 16.6 Å². The van der Waals surface area contributed by atoms with Crippen LogP contribution in [0.1, 0.15) is 29.8 Å². The highest BCUT2D eigenvalue weighted by Gasteiger charge is 2.20. The second-order valence-corrected chi connectivity index (χ2v) is 6.30. The maximum atomic E-state index is 12.6. The summed E-state index contributed by atoms with van der Waals surface area (Å²) < 4.78 is 10.8. The molecular weight excluding hydrogens is 328 g/mol. The van der Waals surface area contributed by atoms with Crippen LogP contribution in [0.5, 0.6) is 5.75 Å². The van der Waals surface area contributed by atoms with E-state index < -0.39 is 5.97 Å². The molecule has 5 nitrogen and oxygen atoms in total. The number of esters is 1. The van der Waals surface area contributed by atoms with Gasteiger partial charge in [0.2, 0.25) is 0 Å². The van der Waals surface area contributed by atoms with Gasteiger partial charge in [0, 0.05) is 17.3 Å². The molecule has 0 amide bonds. The maximum Gasteiger partial charge on any atom is 0.342 e. The molecule has 0 spiro atoms. The minimum Gasteiger partial charge on any atom is -0.494 e. The predicted octanol–water partition coefficient (Wildman–Crippen LogP) is 4.86. The smallest absolute Gasteiger partial charge is 0.342 e. The van der Waals surface area contributed by atoms with Gasteiger partial charge in [-0.05, 0) is 38.5 Å². The highest BCUT2D eigenvalue weighted by molar-refractivity contribution is 6.07. The number of nitrogens with zero attached hydrogens (tertiary/aromatic N) is 1. The number of nitrogens with one attached hydrogen (secondary N) is 1. The summed E-state index contributed by atoms with van der Waals surface area (Å²) in [5.41, 5.74) is 3.73. The topological polar surface area (TPSA) is 60.5 Å². The number of aromatic nitrogens is 1. The van der Waals surface area contributed by atoms with Crippen LogP contribution in [0.4, 0.5) is 11.4 Å². The van der Waals surface area contributed by atoms with Crippen LogP contribution in [0.3, 0.4) is 0 Å². The zero-order chi connectivity index (χ0) is 18.7. The fourth-order valence-electron chi connectivity index (χ4n) is 2.78. The van der Waals surface area contributed by atoms with Crippen LogP contribution in [-0.4, -0.2) is 24.2 Å². The summed E-state index contributed by atoms with van der Waals surface area (Å²) in [6, 6.07) is 13.5. The van der Waals surface area contributed by atoms with Gasteiger partial charge >= 0.3 is 5.97 Å². The molecule has 2 aromatic carbocycles. The van der Waals surface area contributed by atoms with Crippen molar-refractivity contribution in [2.24, 2.45) is 0 Å². The average molecular weight is 350 g/mol.